The van der Waals surface area contributed by atoms with Crippen molar-refractivity contribution in [3.63, 3.8) is 0 Å². The monoisotopic (exact) mass is 475 g/mol. The van der Waals surface area contributed by atoms with Crippen molar-refractivity contribution in [2.75, 3.05) is 4.72 Å². The summed E-state index contributed by atoms with van der Waals surface area (Å²) in [5, 5.41) is 2.51. The van der Waals surface area contributed by atoms with Crippen LogP contribution in [0.25, 0.3) is 10.7 Å². The molecular formula is C10H4BrCl2N3O2S4. The van der Waals surface area contributed by atoms with Gasteiger partial charge in [-0.15, -0.1) is 22.7 Å². The first kappa shape index (κ1) is 16.6. The van der Waals surface area contributed by atoms with Gasteiger partial charge >= 0.3 is 0 Å². The highest BCUT2D eigenvalue weighted by Crippen LogP contribution is 2.36. The Morgan fingerprint density at radius 3 is 2.68 bits per heavy atom. The summed E-state index contributed by atoms with van der Waals surface area (Å²) >= 11 is 18.3. The first-order valence-corrected chi connectivity index (χ1v) is 10.9. The predicted octanol–water partition coefficient (Wildman–Crippen LogP) is 5.20. The number of hydrogen-bond acceptors (Lipinski definition) is 7. The molecule has 12 heteroatoms. The number of sulfonamides is 1. The van der Waals surface area contributed by atoms with Gasteiger partial charge in [-0.3, -0.25) is 4.72 Å². The lowest BCUT2D eigenvalue weighted by Crippen LogP contribution is -2.11. The summed E-state index contributed by atoms with van der Waals surface area (Å²) in [7, 11) is -3.75. The van der Waals surface area contributed by atoms with Gasteiger partial charge in [0.1, 0.15) is 8.55 Å². The average Bonchev–Trinajstić information content (AvgIpc) is 3.12. The second-order valence-electron chi connectivity index (χ2n) is 3.81. The molecule has 22 heavy (non-hydrogen) atoms. The first-order valence-electron chi connectivity index (χ1n) is 5.41. The van der Waals surface area contributed by atoms with Crippen LogP contribution in [0.15, 0.2) is 26.2 Å². The van der Waals surface area contributed by atoms with Gasteiger partial charge in [-0.25, -0.2) is 8.42 Å². The third-order valence-electron chi connectivity index (χ3n) is 2.36. The second-order valence-corrected chi connectivity index (χ2v) is 10.3. The van der Waals surface area contributed by atoms with Gasteiger partial charge in [0.05, 0.1) is 9.90 Å². The minimum Gasteiger partial charge on any atom is -0.253 e. The topological polar surface area (TPSA) is 72.0 Å². The summed E-state index contributed by atoms with van der Waals surface area (Å²) in [5.74, 6) is 0.396. The van der Waals surface area contributed by atoms with E-state index in [0.29, 0.717) is 24.5 Å². The summed E-state index contributed by atoms with van der Waals surface area (Å²) in [6.07, 6.45) is 0. The van der Waals surface area contributed by atoms with E-state index < -0.39 is 10.0 Å². The van der Waals surface area contributed by atoms with Crippen molar-refractivity contribution in [1.82, 2.24) is 9.36 Å². The molecule has 0 aliphatic heterocycles. The van der Waals surface area contributed by atoms with Gasteiger partial charge in [0.2, 0.25) is 5.13 Å². The van der Waals surface area contributed by atoms with E-state index in [1.807, 2.05) is 5.38 Å². The van der Waals surface area contributed by atoms with Crippen LogP contribution in [-0.2, 0) is 10.0 Å². The number of nitrogens with one attached hydrogen (secondary N) is 1. The van der Waals surface area contributed by atoms with Crippen LogP contribution in [0.1, 0.15) is 0 Å². The van der Waals surface area contributed by atoms with Gasteiger partial charge in [0.15, 0.2) is 5.82 Å². The Labute approximate surface area is 156 Å². The Morgan fingerprint density at radius 1 is 1.32 bits per heavy atom. The highest BCUT2D eigenvalue weighted by Gasteiger charge is 2.21. The van der Waals surface area contributed by atoms with Crippen molar-refractivity contribution in [2.45, 2.75) is 4.21 Å². The highest BCUT2D eigenvalue weighted by atomic mass is 79.9. The molecule has 0 saturated carbocycles. The number of thiophene rings is 2. The Balaban J connectivity index is 1.87. The van der Waals surface area contributed by atoms with Crippen LogP contribution in [0.5, 0.6) is 0 Å². The van der Waals surface area contributed by atoms with Crippen LogP contribution in [0.3, 0.4) is 0 Å². The average molecular weight is 477 g/mol. The number of rotatable bonds is 4. The zero-order chi connectivity index (χ0) is 15.9. The Hall–Kier alpha value is -0.230. The van der Waals surface area contributed by atoms with Gasteiger partial charge < -0.3 is 0 Å². The zero-order valence-corrected chi connectivity index (χ0v) is 16.6. The third kappa shape index (κ3) is 3.32. The fraction of sp³-hybridized carbons (Fsp3) is 0. The molecule has 0 spiro atoms. The summed E-state index contributed by atoms with van der Waals surface area (Å²) in [6.45, 7) is 0. The number of aromatic nitrogens is 2. The van der Waals surface area contributed by atoms with Crippen LogP contribution < -0.4 is 4.72 Å². The molecule has 3 heterocycles. The smallest absolute Gasteiger partial charge is 0.253 e. The van der Waals surface area contributed by atoms with E-state index in [1.54, 1.807) is 6.07 Å². The minimum absolute atomic E-state index is 0.0929. The zero-order valence-electron chi connectivity index (χ0n) is 10.2. The largest absolute Gasteiger partial charge is 0.273 e. The van der Waals surface area contributed by atoms with Crippen LogP contribution in [0.2, 0.25) is 9.36 Å². The van der Waals surface area contributed by atoms with Gasteiger partial charge in [-0.05, 0) is 33.4 Å². The molecule has 0 unspecified atom stereocenters. The summed E-state index contributed by atoms with van der Waals surface area (Å²) in [6, 6.07) is 3.17. The normalized spacial score (nSPS) is 11.8. The van der Waals surface area contributed by atoms with Gasteiger partial charge in [-0.1, -0.05) is 23.2 Å². The molecule has 5 nitrogen and oxygen atoms in total. The van der Waals surface area contributed by atoms with Crippen LogP contribution >= 0.6 is 73.3 Å². The maximum Gasteiger partial charge on any atom is 0.273 e. The lowest BCUT2D eigenvalue weighted by molar-refractivity contribution is 0.603. The summed E-state index contributed by atoms with van der Waals surface area (Å²) < 4.78 is 32.0. The Kier molecular flexibility index (Phi) is 4.79. The molecule has 0 amide bonds. The third-order valence-corrected chi connectivity index (χ3v) is 8.74. The molecule has 0 saturated heterocycles. The molecule has 1 N–H and O–H groups in total. The lowest BCUT2D eigenvalue weighted by Gasteiger charge is -2.00. The van der Waals surface area contributed by atoms with E-state index in [2.05, 4.69) is 30.0 Å². The van der Waals surface area contributed by atoms with Crippen LogP contribution in [0.4, 0.5) is 5.13 Å². The van der Waals surface area contributed by atoms with Crippen molar-refractivity contribution in [3.8, 4) is 10.7 Å². The number of hydrogen-bond donors (Lipinski definition) is 1. The summed E-state index contributed by atoms with van der Waals surface area (Å²) in [4.78, 5) is 4.86. The molecule has 0 bridgehead atoms. The lowest BCUT2D eigenvalue weighted by atomic mass is 10.4. The van der Waals surface area contributed by atoms with Crippen molar-refractivity contribution < 1.29 is 8.42 Å². The minimum atomic E-state index is -3.75. The van der Waals surface area contributed by atoms with E-state index in [0.717, 1.165) is 22.9 Å². The number of halogens is 3. The van der Waals surface area contributed by atoms with E-state index in [-0.39, 0.29) is 9.34 Å². The van der Waals surface area contributed by atoms with Crippen molar-refractivity contribution in [2.24, 2.45) is 0 Å². The molecule has 0 radical (unpaired) electrons. The SMILES string of the molecule is O=S(=O)(Nc1nc(-c2sccc2Cl)ns1)c1cc(Br)c(Cl)s1. The van der Waals surface area contributed by atoms with E-state index in [9.17, 15) is 8.42 Å². The molecule has 0 aliphatic rings. The predicted molar refractivity (Wildman–Crippen MR) is 96.1 cm³/mol. The maximum atomic E-state index is 12.3. The molecule has 3 aromatic heterocycles. The molecule has 0 fully saturated rings. The highest BCUT2D eigenvalue weighted by molar-refractivity contribution is 9.10. The molecule has 3 rings (SSSR count). The van der Waals surface area contributed by atoms with E-state index in [4.69, 9.17) is 23.2 Å². The summed E-state index contributed by atoms with van der Waals surface area (Å²) in [5.41, 5.74) is 0. The molecule has 0 aromatic carbocycles. The number of nitrogens with zero attached hydrogens (tertiary/aromatic N) is 2. The quantitative estimate of drug-likeness (QED) is 0.561. The van der Waals surface area contributed by atoms with Gasteiger partial charge in [0.25, 0.3) is 10.0 Å². The number of anilines is 1. The van der Waals surface area contributed by atoms with Gasteiger partial charge in [0, 0.05) is 16.0 Å². The van der Waals surface area contributed by atoms with Crippen molar-refractivity contribution in [3.05, 3.63) is 31.3 Å². The Bertz CT molecular complexity index is 914. The van der Waals surface area contributed by atoms with E-state index in [1.165, 1.54) is 17.4 Å². The van der Waals surface area contributed by atoms with Crippen LogP contribution in [0, 0.1) is 0 Å². The van der Waals surface area contributed by atoms with E-state index >= 15 is 0 Å². The Morgan fingerprint density at radius 2 is 2.09 bits per heavy atom. The van der Waals surface area contributed by atoms with Crippen molar-refractivity contribution >= 4 is 88.5 Å². The first-order chi connectivity index (χ1) is 10.4. The fourth-order valence-electron chi connectivity index (χ4n) is 1.43. The standard InChI is InChI=1S/C10H4BrCl2N3O2S4/c11-4-3-6(20-8(4)13)22(17,18)16-10-14-9(15-21-10)7-5(12)1-2-19-7/h1-3H,(H,14,15,16). The second kappa shape index (κ2) is 6.34. The maximum absolute atomic E-state index is 12.3. The van der Waals surface area contributed by atoms with Crippen LogP contribution in [-0.4, -0.2) is 17.8 Å². The molecule has 3 aromatic rings. The van der Waals surface area contributed by atoms with Gasteiger partial charge in [-0.2, -0.15) is 9.36 Å². The molecule has 116 valence electrons. The van der Waals surface area contributed by atoms with Crippen molar-refractivity contribution in [1.29, 1.82) is 0 Å². The molecule has 0 aliphatic carbocycles. The molecule has 0 atom stereocenters. The molecular weight excluding hydrogens is 473 g/mol. The fourth-order valence-corrected chi connectivity index (χ4v) is 6.67.